The topological polar surface area (TPSA) is 42.6 Å². The molecule has 0 aliphatic heterocycles. The van der Waals surface area contributed by atoms with Gasteiger partial charge in [-0.15, -0.1) is 0 Å². The summed E-state index contributed by atoms with van der Waals surface area (Å²) in [5.41, 5.74) is 1.14. The average molecular weight is 323 g/mol. The van der Waals surface area contributed by atoms with E-state index in [4.69, 9.17) is 32.4 Å². The van der Waals surface area contributed by atoms with Gasteiger partial charge in [0.05, 0.1) is 12.1 Å². The van der Waals surface area contributed by atoms with Crippen LogP contribution in [0.25, 0.3) is 11.0 Å². The van der Waals surface area contributed by atoms with Crippen LogP contribution in [-0.2, 0) is 0 Å². The highest BCUT2D eigenvalue weighted by Crippen LogP contribution is 2.36. The molecule has 1 aromatic heterocycles. The number of aliphatic hydroxyl groups excluding tert-OH is 1. The molecular weight excluding hydrogens is 311 g/mol. The zero-order valence-corrected chi connectivity index (χ0v) is 12.7. The summed E-state index contributed by atoms with van der Waals surface area (Å²) in [5.74, 6) is 0.903. The zero-order valence-electron chi connectivity index (χ0n) is 11.1. The standard InChI is InChI=1S/C16H12Cl2O3/c1-20-13-8-10(17)5-6-11(13)15(19)14-7-9-3-2-4-12(18)16(9)21-14/h2-8,15,19H,1H3. The molecule has 0 saturated carbocycles. The quantitative estimate of drug-likeness (QED) is 0.751. The molecule has 5 heteroatoms. The molecule has 3 rings (SSSR count). The van der Waals surface area contributed by atoms with Crippen LogP contribution in [0.3, 0.4) is 0 Å². The Hall–Kier alpha value is -1.68. The first kappa shape index (κ1) is 14.3. The van der Waals surface area contributed by atoms with Gasteiger partial charge in [-0.3, -0.25) is 0 Å². The van der Waals surface area contributed by atoms with Crippen molar-refractivity contribution in [1.82, 2.24) is 0 Å². The molecule has 1 heterocycles. The maximum Gasteiger partial charge on any atom is 0.153 e. The van der Waals surface area contributed by atoms with E-state index in [2.05, 4.69) is 0 Å². The molecule has 108 valence electrons. The molecule has 2 aromatic carbocycles. The SMILES string of the molecule is COc1cc(Cl)ccc1C(O)c1cc2cccc(Cl)c2o1. The molecule has 0 saturated heterocycles. The highest BCUT2D eigenvalue weighted by atomic mass is 35.5. The van der Waals surface area contributed by atoms with E-state index in [1.165, 1.54) is 7.11 Å². The highest BCUT2D eigenvalue weighted by Gasteiger charge is 2.20. The third kappa shape index (κ3) is 2.60. The van der Waals surface area contributed by atoms with Crippen molar-refractivity contribution < 1.29 is 14.3 Å². The fraction of sp³-hybridized carbons (Fsp3) is 0.125. The van der Waals surface area contributed by atoms with Crippen LogP contribution in [0.4, 0.5) is 0 Å². The third-order valence-corrected chi connectivity index (χ3v) is 3.81. The minimum atomic E-state index is -0.958. The molecule has 1 N–H and O–H groups in total. The van der Waals surface area contributed by atoms with E-state index in [9.17, 15) is 5.11 Å². The highest BCUT2D eigenvalue weighted by molar-refractivity contribution is 6.34. The molecule has 1 atom stereocenters. The van der Waals surface area contributed by atoms with Gasteiger partial charge < -0.3 is 14.3 Å². The summed E-state index contributed by atoms with van der Waals surface area (Å²) in [6.45, 7) is 0. The van der Waals surface area contributed by atoms with Gasteiger partial charge in [0.15, 0.2) is 5.58 Å². The lowest BCUT2D eigenvalue weighted by Crippen LogP contribution is -2.01. The van der Waals surface area contributed by atoms with Crippen LogP contribution in [0, 0.1) is 0 Å². The van der Waals surface area contributed by atoms with Crippen molar-refractivity contribution in [2.45, 2.75) is 6.10 Å². The smallest absolute Gasteiger partial charge is 0.153 e. The number of rotatable bonds is 3. The minimum Gasteiger partial charge on any atom is -0.496 e. The van der Waals surface area contributed by atoms with Crippen LogP contribution >= 0.6 is 23.2 Å². The maximum absolute atomic E-state index is 10.5. The van der Waals surface area contributed by atoms with Gasteiger partial charge in [-0.05, 0) is 24.3 Å². The van der Waals surface area contributed by atoms with Gasteiger partial charge in [-0.25, -0.2) is 0 Å². The summed E-state index contributed by atoms with van der Waals surface area (Å²) >= 11 is 12.0. The second-order valence-electron chi connectivity index (χ2n) is 4.60. The number of halogens is 2. The number of hydrogen-bond donors (Lipinski definition) is 1. The van der Waals surface area contributed by atoms with E-state index in [1.807, 2.05) is 12.1 Å². The van der Waals surface area contributed by atoms with E-state index in [0.29, 0.717) is 32.7 Å². The Morgan fingerprint density at radius 1 is 1.14 bits per heavy atom. The first-order chi connectivity index (χ1) is 10.1. The molecule has 0 fully saturated rings. The predicted octanol–water partition coefficient (Wildman–Crippen LogP) is 4.83. The van der Waals surface area contributed by atoms with Crippen molar-refractivity contribution in [3.05, 3.63) is 63.8 Å². The van der Waals surface area contributed by atoms with Crippen LogP contribution in [0.1, 0.15) is 17.4 Å². The minimum absolute atomic E-state index is 0.402. The average Bonchev–Trinajstić information content (AvgIpc) is 2.92. The Morgan fingerprint density at radius 2 is 1.95 bits per heavy atom. The van der Waals surface area contributed by atoms with E-state index < -0.39 is 6.10 Å². The lowest BCUT2D eigenvalue weighted by molar-refractivity contribution is 0.188. The molecule has 0 aliphatic carbocycles. The van der Waals surface area contributed by atoms with Gasteiger partial charge in [0.25, 0.3) is 0 Å². The van der Waals surface area contributed by atoms with Gasteiger partial charge in [-0.1, -0.05) is 41.4 Å². The number of aliphatic hydroxyl groups is 1. The van der Waals surface area contributed by atoms with Gasteiger partial charge in [0.1, 0.15) is 17.6 Å². The van der Waals surface area contributed by atoms with E-state index >= 15 is 0 Å². The number of methoxy groups -OCH3 is 1. The number of ether oxygens (including phenoxy) is 1. The lowest BCUT2D eigenvalue weighted by Gasteiger charge is -2.13. The number of hydrogen-bond acceptors (Lipinski definition) is 3. The Balaban J connectivity index is 2.08. The summed E-state index contributed by atoms with van der Waals surface area (Å²) in [7, 11) is 1.53. The van der Waals surface area contributed by atoms with Gasteiger partial charge in [-0.2, -0.15) is 0 Å². The number of benzene rings is 2. The Morgan fingerprint density at radius 3 is 2.67 bits per heavy atom. The number of furan rings is 1. The molecule has 1 unspecified atom stereocenters. The Bertz CT molecular complexity index is 795. The van der Waals surface area contributed by atoms with E-state index in [-0.39, 0.29) is 0 Å². The van der Waals surface area contributed by atoms with Crippen LogP contribution < -0.4 is 4.74 Å². The summed E-state index contributed by atoms with van der Waals surface area (Å²) in [5, 5.41) is 12.4. The summed E-state index contributed by atoms with van der Waals surface area (Å²) in [4.78, 5) is 0. The van der Waals surface area contributed by atoms with E-state index in [0.717, 1.165) is 5.39 Å². The largest absolute Gasteiger partial charge is 0.496 e. The van der Waals surface area contributed by atoms with Gasteiger partial charge in [0.2, 0.25) is 0 Å². The van der Waals surface area contributed by atoms with Crippen molar-refractivity contribution >= 4 is 34.2 Å². The molecule has 0 spiro atoms. The first-order valence-corrected chi connectivity index (χ1v) is 7.05. The van der Waals surface area contributed by atoms with E-state index in [1.54, 1.807) is 30.3 Å². The Kier molecular flexibility index (Phi) is 3.81. The maximum atomic E-state index is 10.5. The number of fused-ring (bicyclic) bond motifs is 1. The molecule has 0 radical (unpaired) electrons. The fourth-order valence-electron chi connectivity index (χ4n) is 2.25. The summed E-state index contributed by atoms with van der Waals surface area (Å²) in [6, 6.07) is 12.3. The molecule has 3 aromatic rings. The molecule has 3 nitrogen and oxygen atoms in total. The van der Waals surface area contributed by atoms with Gasteiger partial charge >= 0.3 is 0 Å². The van der Waals surface area contributed by atoms with Crippen molar-refractivity contribution in [3.8, 4) is 5.75 Å². The van der Waals surface area contributed by atoms with Crippen LogP contribution in [0.2, 0.25) is 10.0 Å². The first-order valence-electron chi connectivity index (χ1n) is 6.29. The summed E-state index contributed by atoms with van der Waals surface area (Å²) < 4.78 is 10.9. The second kappa shape index (κ2) is 5.60. The molecular formula is C16H12Cl2O3. The van der Waals surface area contributed by atoms with Gasteiger partial charge in [0, 0.05) is 16.0 Å². The van der Waals surface area contributed by atoms with Crippen molar-refractivity contribution in [3.63, 3.8) is 0 Å². The fourth-order valence-corrected chi connectivity index (χ4v) is 2.63. The normalized spacial score (nSPS) is 12.6. The molecule has 0 aliphatic rings. The molecule has 0 bridgehead atoms. The van der Waals surface area contributed by atoms with Crippen molar-refractivity contribution in [2.24, 2.45) is 0 Å². The zero-order chi connectivity index (χ0) is 15.0. The number of para-hydroxylation sites is 1. The van der Waals surface area contributed by atoms with Crippen molar-refractivity contribution in [2.75, 3.05) is 7.11 Å². The third-order valence-electron chi connectivity index (χ3n) is 3.27. The lowest BCUT2D eigenvalue weighted by atomic mass is 10.1. The predicted molar refractivity (Wildman–Crippen MR) is 83.3 cm³/mol. The van der Waals surface area contributed by atoms with Crippen molar-refractivity contribution in [1.29, 1.82) is 0 Å². The monoisotopic (exact) mass is 322 g/mol. The molecule has 0 amide bonds. The van der Waals surface area contributed by atoms with Crippen LogP contribution in [0.5, 0.6) is 5.75 Å². The van der Waals surface area contributed by atoms with Crippen LogP contribution in [0.15, 0.2) is 46.9 Å². The second-order valence-corrected chi connectivity index (χ2v) is 5.44. The van der Waals surface area contributed by atoms with Crippen LogP contribution in [-0.4, -0.2) is 12.2 Å². The Labute approximate surface area is 131 Å². The molecule has 21 heavy (non-hydrogen) atoms. The summed E-state index contributed by atoms with van der Waals surface area (Å²) in [6.07, 6.45) is -0.958.